The van der Waals surface area contributed by atoms with Gasteiger partial charge in [-0.15, -0.1) is 0 Å². The van der Waals surface area contributed by atoms with Gasteiger partial charge in [-0.1, -0.05) is 24.4 Å². The molecule has 2 nitrogen and oxygen atoms in total. The molecule has 2 N–H and O–H groups in total. The first kappa shape index (κ1) is 11.6. The normalized spacial score (nSPS) is 18.1. The van der Waals surface area contributed by atoms with Crippen molar-refractivity contribution in [3.8, 4) is 5.75 Å². The van der Waals surface area contributed by atoms with Gasteiger partial charge in [-0.3, -0.25) is 0 Å². The second-order valence-electron chi connectivity index (χ2n) is 4.41. The molecule has 0 unspecified atom stereocenters. The van der Waals surface area contributed by atoms with Crippen molar-refractivity contribution in [1.82, 2.24) is 0 Å². The maximum Gasteiger partial charge on any atom is 0.121 e. The van der Waals surface area contributed by atoms with E-state index >= 15 is 0 Å². The Morgan fingerprint density at radius 3 is 2.44 bits per heavy atom. The molecule has 1 aromatic rings. The van der Waals surface area contributed by atoms with Crippen LogP contribution in [0.3, 0.4) is 0 Å². The third kappa shape index (κ3) is 3.05. The highest BCUT2D eigenvalue weighted by Gasteiger charge is 2.13. The van der Waals surface area contributed by atoms with E-state index in [9.17, 15) is 0 Å². The molecule has 1 fully saturated rings. The Morgan fingerprint density at radius 2 is 1.81 bits per heavy atom. The number of hydrogen-bond acceptors (Lipinski definition) is 2. The van der Waals surface area contributed by atoms with E-state index in [0.29, 0.717) is 16.8 Å². The molecule has 0 spiro atoms. The Hall–Kier alpha value is -0.890. The van der Waals surface area contributed by atoms with Crippen LogP contribution in [-0.4, -0.2) is 6.10 Å². The van der Waals surface area contributed by atoms with Crippen molar-refractivity contribution in [2.45, 2.75) is 44.6 Å². The van der Waals surface area contributed by atoms with Crippen LogP contribution < -0.4 is 10.5 Å². The van der Waals surface area contributed by atoms with Crippen molar-refractivity contribution in [3.63, 3.8) is 0 Å². The summed E-state index contributed by atoms with van der Waals surface area (Å²) < 4.78 is 5.93. The number of ether oxygens (including phenoxy) is 1. The monoisotopic (exact) mass is 239 g/mol. The second-order valence-corrected chi connectivity index (χ2v) is 4.82. The zero-order valence-electron chi connectivity index (χ0n) is 9.42. The van der Waals surface area contributed by atoms with Crippen molar-refractivity contribution in [2.75, 3.05) is 5.73 Å². The number of nitrogens with two attached hydrogens (primary N) is 1. The number of halogens is 1. The van der Waals surface area contributed by atoms with Crippen LogP contribution in [0.5, 0.6) is 5.75 Å². The Labute approximate surface area is 102 Å². The van der Waals surface area contributed by atoms with Gasteiger partial charge >= 0.3 is 0 Å². The zero-order chi connectivity index (χ0) is 11.4. The number of nitrogen functional groups attached to an aromatic ring is 1. The first-order valence-electron chi connectivity index (χ1n) is 5.97. The minimum absolute atomic E-state index is 0.349. The van der Waals surface area contributed by atoms with E-state index < -0.39 is 0 Å². The van der Waals surface area contributed by atoms with E-state index in [1.54, 1.807) is 6.07 Å². The summed E-state index contributed by atoms with van der Waals surface area (Å²) in [6, 6.07) is 5.50. The summed E-state index contributed by atoms with van der Waals surface area (Å²) in [5, 5.41) is 0.575. The fraction of sp³-hybridized carbons (Fsp3) is 0.538. The topological polar surface area (TPSA) is 35.2 Å². The smallest absolute Gasteiger partial charge is 0.121 e. The lowest BCUT2D eigenvalue weighted by Crippen LogP contribution is -2.15. The standard InChI is InChI=1S/C13H18ClNO/c14-12-9-11(7-8-13(12)15)16-10-5-3-1-2-4-6-10/h7-10H,1-6,15H2. The highest BCUT2D eigenvalue weighted by atomic mass is 35.5. The lowest BCUT2D eigenvalue weighted by molar-refractivity contribution is 0.184. The third-order valence-corrected chi connectivity index (χ3v) is 3.40. The lowest BCUT2D eigenvalue weighted by Gasteiger charge is -2.17. The Morgan fingerprint density at radius 1 is 1.12 bits per heavy atom. The Kier molecular flexibility index (Phi) is 3.94. The third-order valence-electron chi connectivity index (χ3n) is 3.08. The van der Waals surface area contributed by atoms with Crippen molar-refractivity contribution in [2.24, 2.45) is 0 Å². The molecular weight excluding hydrogens is 222 g/mol. The van der Waals surface area contributed by atoms with Crippen LogP contribution in [0.2, 0.25) is 5.02 Å². The fourth-order valence-corrected chi connectivity index (χ4v) is 2.30. The first-order chi connectivity index (χ1) is 7.75. The van der Waals surface area contributed by atoms with Gasteiger partial charge in [0.15, 0.2) is 0 Å². The quantitative estimate of drug-likeness (QED) is 0.625. The molecule has 0 bridgehead atoms. The van der Waals surface area contributed by atoms with Gasteiger partial charge in [0.05, 0.1) is 16.8 Å². The number of hydrogen-bond donors (Lipinski definition) is 1. The predicted molar refractivity (Wildman–Crippen MR) is 68.0 cm³/mol. The summed E-state index contributed by atoms with van der Waals surface area (Å²) in [7, 11) is 0. The number of rotatable bonds is 2. The second kappa shape index (κ2) is 5.44. The molecule has 1 aromatic carbocycles. The maximum atomic E-state index is 5.96. The molecular formula is C13H18ClNO. The molecule has 88 valence electrons. The van der Waals surface area contributed by atoms with Crippen molar-refractivity contribution < 1.29 is 4.74 Å². The molecule has 0 aromatic heterocycles. The van der Waals surface area contributed by atoms with E-state index in [4.69, 9.17) is 22.1 Å². The number of anilines is 1. The SMILES string of the molecule is Nc1ccc(OC2CCCCCC2)cc1Cl. The highest BCUT2D eigenvalue weighted by molar-refractivity contribution is 6.33. The maximum absolute atomic E-state index is 5.96. The zero-order valence-corrected chi connectivity index (χ0v) is 10.2. The molecule has 2 rings (SSSR count). The summed E-state index contributed by atoms with van der Waals surface area (Å²) in [6.07, 6.45) is 7.87. The van der Waals surface area contributed by atoms with Gasteiger partial charge in [-0.25, -0.2) is 0 Å². The van der Waals surface area contributed by atoms with E-state index in [-0.39, 0.29) is 0 Å². The Bertz CT molecular complexity index is 346. The van der Waals surface area contributed by atoms with Gasteiger partial charge in [0.2, 0.25) is 0 Å². The lowest BCUT2D eigenvalue weighted by atomic mass is 10.1. The van der Waals surface area contributed by atoms with Crippen LogP contribution in [0.25, 0.3) is 0 Å². The van der Waals surface area contributed by atoms with Crippen LogP contribution in [-0.2, 0) is 0 Å². The summed E-state index contributed by atoms with van der Waals surface area (Å²) >= 11 is 5.96. The van der Waals surface area contributed by atoms with Gasteiger partial charge in [0.1, 0.15) is 5.75 Å². The molecule has 16 heavy (non-hydrogen) atoms. The van der Waals surface area contributed by atoms with Crippen molar-refractivity contribution in [3.05, 3.63) is 23.2 Å². The fourth-order valence-electron chi connectivity index (χ4n) is 2.13. The molecule has 0 radical (unpaired) electrons. The van der Waals surface area contributed by atoms with Crippen LogP contribution >= 0.6 is 11.6 Å². The molecule has 0 heterocycles. The minimum atomic E-state index is 0.349. The number of benzene rings is 1. The molecule has 1 saturated carbocycles. The van der Waals surface area contributed by atoms with Crippen molar-refractivity contribution >= 4 is 17.3 Å². The van der Waals surface area contributed by atoms with Crippen molar-refractivity contribution in [1.29, 1.82) is 0 Å². The van der Waals surface area contributed by atoms with Crippen LogP contribution in [0.1, 0.15) is 38.5 Å². The Balaban J connectivity index is 1.99. The highest BCUT2D eigenvalue weighted by Crippen LogP contribution is 2.27. The molecule has 0 aliphatic heterocycles. The molecule has 0 saturated heterocycles. The molecule has 0 amide bonds. The average molecular weight is 240 g/mol. The molecule has 3 heteroatoms. The van der Waals surface area contributed by atoms with Gasteiger partial charge in [0, 0.05) is 6.07 Å². The van der Waals surface area contributed by atoms with Crippen LogP contribution in [0.15, 0.2) is 18.2 Å². The van der Waals surface area contributed by atoms with E-state index in [1.807, 2.05) is 12.1 Å². The van der Waals surface area contributed by atoms with Crippen LogP contribution in [0.4, 0.5) is 5.69 Å². The van der Waals surface area contributed by atoms with E-state index in [0.717, 1.165) is 18.6 Å². The summed E-state index contributed by atoms with van der Waals surface area (Å²) in [5.74, 6) is 0.839. The van der Waals surface area contributed by atoms with Gasteiger partial charge in [-0.05, 0) is 37.8 Å². The first-order valence-corrected chi connectivity index (χ1v) is 6.35. The summed E-state index contributed by atoms with van der Waals surface area (Å²) in [5.41, 5.74) is 6.27. The van der Waals surface area contributed by atoms with Crippen LogP contribution in [0, 0.1) is 0 Å². The van der Waals surface area contributed by atoms with E-state index in [1.165, 1.54) is 25.7 Å². The molecule has 1 aliphatic rings. The van der Waals surface area contributed by atoms with Gasteiger partial charge in [-0.2, -0.15) is 0 Å². The predicted octanol–water partition coefficient (Wildman–Crippen LogP) is 4.02. The summed E-state index contributed by atoms with van der Waals surface area (Å²) in [4.78, 5) is 0. The summed E-state index contributed by atoms with van der Waals surface area (Å²) in [6.45, 7) is 0. The van der Waals surface area contributed by atoms with Gasteiger partial charge in [0.25, 0.3) is 0 Å². The molecule has 1 aliphatic carbocycles. The van der Waals surface area contributed by atoms with E-state index in [2.05, 4.69) is 0 Å². The average Bonchev–Trinajstić information content (AvgIpc) is 2.52. The van der Waals surface area contributed by atoms with Gasteiger partial charge < -0.3 is 10.5 Å². The minimum Gasteiger partial charge on any atom is -0.490 e. The largest absolute Gasteiger partial charge is 0.490 e. The molecule has 0 atom stereocenters.